The molecule has 42 heavy (non-hydrogen) atoms. The molecule has 0 saturated carbocycles. The Labute approximate surface area is 263 Å². The van der Waals surface area contributed by atoms with Crippen molar-refractivity contribution in [2.75, 3.05) is 13.2 Å². The molecule has 0 aliphatic rings. The van der Waals surface area contributed by atoms with Crippen molar-refractivity contribution in [3.63, 3.8) is 0 Å². The molecule has 0 aromatic carbocycles. The summed E-state index contributed by atoms with van der Waals surface area (Å²) >= 11 is 0. The molecule has 0 spiro atoms. The van der Waals surface area contributed by atoms with Crippen LogP contribution in [0, 0.1) is 0 Å². The van der Waals surface area contributed by atoms with Gasteiger partial charge in [-0.25, -0.2) is 0 Å². The minimum absolute atomic E-state index is 0.0415. The fourth-order valence-corrected chi connectivity index (χ4v) is 5.65. The predicted octanol–water partition coefficient (Wildman–Crippen LogP) is 12.6. The second kappa shape index (κ2) is 36.1. The third-order valence-corrected chi connectivity index (χ3v) is 8.53. The lowest BCUT2D eigenvalue weighted by molar-refractivity contribution is -0.145. The van der Waals surface area contributed by atoms with E-state index in [-0.39, 0.29) is 11.9 Å². The van der Waals surface area contributed by atoms with Crippen molar-refractivity contribution in [3.8, 4) is 0 Å². The van der Waals surface area contributed by atoms with Gasteiger partial charge in [0.25, 0.3) is 0 Å². The molecular formula is C38H74O4. The Morgan fingerprint density at radius 2 is 0.524 bits per heavy atom. The quantitative estimate of drug-likeness (QED) is 0.0541. The van der Waals surface area contributed by atoms with E-state index < -0.39 is 0 Å². The Morgan fingerprint density at radius 3 is 0.786 bits per heavy atom. The number of rotatable bonds is 35. The molecule has 0 bridgehead atoms. The Hall–Kier alpha value is -1.06. The molecule has 0 unspecified atom stereocenters. The van der Waals surface area contributed by atoms with Crippen LogP contribution in [-0.4, -0.2) is 25.2 Å². The standard InChI is InChI=1S/C38H74O4/c1-3-5-7-9-11-13-15-17-19-21-23-25-29-33-37(39)41-35-31-27-28-32-36-42-38(40)34-30-26-24-22-20-18-16-14-12-10-8-6-4-2/h3-36H2,1-2H3. The second-order valence-electron chi connectivity index (χ2n) is 12.8. The summed E-state index contributed by atoms with van der Waals surface area (Å²) in [5.41, 5.74) is 0. The van der Waals surface area contributed by atoms with E-state index in [9.17, 15) is 9.59 Å². The third-order valence-electron chi connectivity index (χ3n) is 8.53. The molecule has 0 radical (unpaired) electrons. The lowest BCUT2D eigenvalue weighted by Crippen LogP contribution is -2.07. The molecular weight excluding hydrogens is 520 g/mol. The summed E-state index contributed by atoms with van der Waals surface area (Å²) in [5.74, 6) is -0.0830. The molecule has 4 heteroatoms. The topological polar surface area (TPSA) is 52.6 Å². The van der Waals surface area contributed by atoms with Crippen molar-refractivity contribution in [2.45, 2.75) is 219 Å². The summed E-state index contributed by atoms with van der Waals surface area (Å²) in [6.07, 6.45) is 39.2. The zero-order valence-electron chi connectivity index (χ0n) is 28.7. The van der Waals surface area contributed by atoms with Gasteiger partial charge in [0, 0.05) is 12.8 Å². The maximum Gasteiger partial charge on any atom is 0.305 e. The van der Waals surface area contributed by atoms with Crippen LogP contribution in [0.4, 0.5) is 0 Å². The first kappa shape index (κ1) is 40.9. The van der Waals surface area contributed by atoms with Crippen LogP contribution in [0.2, 0.25) is 0 Å². The van der Waals surface area contributed by atoms with E-state index in [4.69, 9.17) is 9.47 Å². The maximum absolute atomic E-state index is 11.9. The van der Waals surface area contributed by atoms with Gasteiger partial charge in [-0.3, -0.25) is 9.59 Å². The van der Waals surface area contributed by atoms with E-state index in [2.05, 4.69) is 13.8 Å². The molecule has 0 saturated heterocycles. The van der Waals surface area contributed by atoms with Crippen LogP contribution in [0.25, 0.3) is 0 Å². The van der Waals surface area contributed by atoms with E-state index in [1.165, 1.54) is 141 Å². The highest BCUT2D eigenvalue weighted by Gasteiger charge is 2.04. The highest BCUT2D eigenvalue weighted by atomic mass is 16.5. The molecule has 0 aromatic rings. The van der Waals surface area contributed by atoms with Crippen LogP contribution < -0.4 is 0 Å². The highest BCUT2D eigenvalue weighted by Crippen LogP contribution is 2.15. The van der Waals surface area contributed by atoms with Crippen molar-refractivity contribution in [3.05, 3.63) is 0 Å². The van der Waals surface area contributed by atoms with E-state index in [0.717, 1.165) is 51.4 Å². The van der Waals surface area contributed by atoms with Gasteiger partial charge in [-0.15, -0.1) is 0 Å². The van der Waals surface area contributed by atoms with Gasteiger partial charge in [0.2, 0.25) is 0 Å². The van der Waals surface area contributed by atoms with Gasteiger partial charge >= 0.3 is 11.9 Å². The Balaban J connectivity index is 3.24. The van der Waals surface area contributed by atoms with Gasteiger partial charge in [0.15, 0.2) is 0 Å². The van der Waals surface area contributed by atoms with Crippen LogP contribution in [0.5, 0.6) is 0 Å². The minimum atomic E-state index is -0.0415. The molecule has 0 aromatic heterocycles. The molecule has 0 heterocycles. The Kier molecular flexibility index (Phi) is 35.2. The van der Waals surface area contributed by atoms with Crippen molar-refractivity contribution in [1.29, 1.82) is 0 Å². The average Bonchev–Trinajstić information content (AvgIpc) is 2.99. The highest BCUT2D eigenvalue weighted by molar-refractivity contribution is 5.69. The van der Waals surface area contributed by atoms with Gasteiger partial charge in [-0.1, -0.05) is 168 Å². The molecule has 0 fully saturated rings. The first-order chi connectivity index (χ1) is 20.7. The van der Waals surface area contributed by atoms with E-state index in [1.54, 1.807) is 0 Å². The number of esters is 2. The number of unbranched alkanes of at least 4 members (excludes halogenated alkanes) is 27. The van der Waals surface area contributed by atoms with Gasteiger partial charge in [0.1, 0.15) is 0 Å². The monoisotopic (exact) mass is 595 g/mol. The molecule has 0 amide bonds. The smallest absolute Gasteiger partial charge is 0.305 e. The first-order valence-corrected chi connectivity index (χ1v) is 19.0. The number of ether oxygens (including phenoxy) is 2. The molecule has 0 atom stereocenters. The van der Waals surface area contributed by atoms with Crippen LogP contribution >= 0.6 is 0 Å². The van der Waals surface area contributed by atoms with Crippen LogP contribution in [-0.2, 0) is 19.1 Å². The predicted molar refractivity (Wildman–Crippen MR) is 181 cm³/mol. The summed E-state index contributed by atoms with van der Waals surface area (Å²) in [6.45, 7) is 5.60. The zero-order valence-corrected chi connectivity index (χ0v) is 28.7. The van der Waals surface area contributed by atoms with Gasteiger partial charge in [-0.05, 0) is 38.5 Å². The van der Waals surface area contributed by atoms with Crippen LogP contribution in [0.3, 0.4) is 0 Å². The van der Waals surface area contributed by atoms with Gasteiger partial charge < -0.3 is 9.47 Å². The molecule has 0 aliphatic heterocycles. The molecule has 4 nitrogen and oxygen atoms in total. The Morgan fingerprint density at radius 1 is 0.310 bits per heavy atom. The van der Waals surface area contributed by atoms with Crippen LogP contribution in [0.1, 0.15) is 219 Å². The van der Waals surface area contributed by atoms with E-state index >= 15 is 0 Å². The van der Waals surface area contributed by atoms with Crippen LogP contribution in [0.15, 0.2) is 0 Å². The molecule has 250 valence electrons. The molecule has 0 N–H and O–H groups in total. The second-order valence-corrected chi connectivity index (χ2v) is 12.8. The number of carbonyl (C=O) groups is 2. The lowest BCUT2D eigenvalue weighted by Gasteiger charge is -2.06. The van der Waals surface area contributed by atoms with Crippen molar-refractivity contribution >= 4 is 11.9 Å². The van der Waals surface area contributed by atoms with Crippen molar-refractivity contribution < 1.29 is 19.1 Å². The van der Waals surface area contributed by atoms with E-state index in [1.807, 2.05) is 0 Å². The number of hydrogen-bond donors (Lipinski definition) is 0. The summed E-state index contributed by atoms with van der Waals surface area (Å²) in [5, 5.41) is 0. The first-order valence-electron chi connectivity index (χ1n) is 19.0. The fourth-order valence-electron chi connectivity index (χ4n) is 5.65. The van der Waals surface area contributed by atoms with E-state index in [0.29, 0.717) is 26.1 Å². The van der Waals surface area contributed by atoms with Crippen molar-refractivity contribution in [2.24, 2.45) is 0 Å². The summed E-state index contributed by atoms with van der Waals surface area (Å²) in [7, 11) is 0. The lowest BCUT2D eigenvalue weighted by atomic mass is 10.0. The SMILES string of the molecule is CCCCCCCCCCCCCCCC(=O)OCCCCCCOC(=O)CCCCCCCCCCCCCCC. The largest absolute Gasteiger partial charge is 0.466 e. The normalized spacial score (nSPS) is 11.2. The van der Waals surface area contributed by atoms with Crippen molar-refractivity contribution in [1.82, 2.24) is 0 Å². The third kappa shape index (κ3) is 35.1. The summed E-state index contributed by atoms with van der Waals surface area (Å²) in [4.78, 5) is 23.8. The van der Waals surface area contributed by atoms with Gasteiger partial charge in [-0.2, -0.15) is 0 Å². The summed E-state index contributed by atoms with van der Waals surface area (Å²) < 4.78 is 10.8. The molecule has 0 aliphatic carbocycles. The number of carbonyl (C=O) groups excluding carboxylic acids is 2. The maximum atomic E-state index is 11.9. The van der Waals surface area contributed by atoms with Gasteiger partial charge in [0.05, 0.1) is 13.2 Å². The average molecular weight is 595 g/mol. The fraction of sp³-hybridized carbons (Fsp3) is 0.947. The minimum Gasteiger partial charge on any atom is -0.466 e. The Bertz CT molecular complexity index is 499. The molecule has 0 rings (SSSR count). The summed E-state index contributed by atoms with van der Waals surface area (Å²) in [6, 6.07) is 0. The number of hydrogen-bond acceptors (Lipinski definition) is 4. The zero-order chi connectivity index (χ0) is 30.6.